The van der Waals surface area contributed by atoms with Gasteiger partial charge in [0.2, 0.25) is 0 Å². The maximum atomic E-state index is 5.33. The van der Waals surface area contributed by atoms with Crippen molar-refractivity contribution in [1.82, 2.24) is 10.3 Å². The molecule has 16 heavy (non-hydrogen) atoms. The molecular weight excluding hydrogens is 198 g/mol. The number of aromatic nitrogens is 1. The van der Waals surface area contributed by atoms with E-state index in [4.69, 9.17) is 6.42 Å². The SMILES string of the molecule is C#CCN(CC)c1cccc(CNCC)n1. The molecule has 0 amide bonds. The normalized spacial score (nSPS) is 9.81. The maximum absolute atomic E-state index is 5.33. The zero-order valence-electron chi connectivity index (χ0n) is 10.0. The van der Waals surface area contributed by atoms with Crippen LogP contribution in [0.4, 0.5) is 5.82 Å². The van der Waals surface area contributed by atoms with Gasteiger partial charge in [0.25, 0.3) is 0 Å². The molecule has 0 atom stereocenters. The van der Waals surface area contributed by atoms with Gasteiger partial charge in [0.1, 0.15) is 5.82 Å². The quantitative estimate of drug-likeness (QED) is 0.734. The molecule has 0 aliphatic rings. The third-order valence-electron chi connectivity index (χ3n) is 2.34. The fraction of sp³-hybridized carbons (Fsp3) is 0.462. The van der Waals surface area contributed by atoms with E-state index in [2.05, 4.69) is 35.0 Å². The van der Waals surface area contributed by atoms with Crippen molar-refractivity contribution in [3.8, 4) is 12.3 Å². The van der Waals surface area contributed by atoms with Crippen LogP contribution in [0, 0.1) is 12.3 Å². The molecule has 0 spiro atoms. The number of terminal acetylenes is 1. The number of hydrogen-bond donors (Lipinski definition) is 1. The monoisotopic (exact) mass is 217 g/mol. The number of nitrogens with one attached hydrogen (secondary N) is 1. The number of anilines is 1. The van der Waals surface area contributed by atoms with Crippen molar-refractivity contribution in [1.29, 1.82) is 0 Å². The van der Waals surface area contributed by atoms with Crippen LogP contribution in [0.25, 0.3) is 0 Å². The van der Waals surface area contributed by atoms with Crippen molar-refractivity contribution in [2.75, 3.05) is 24.5 Å². The van der Waals surface area contributed by atoms with E-state index < -0.39 is 0 Å². The predicted molar refractivity (Wildman–Crippen MR) is 68.3 cm³/mol. The van der Waals surface area contributed by atoms with E-state index in [1.807, 2.05) is 18.2 Å². The summed E-state index contributed by atoms with van der Waals surface area (Å²) >= 11 is 0. The Balaban J connectivity index is 2.76. The molecule has 3 nitrogen and oxygen atoms in total. The van der Waals surface area contributed by atoms with E-state index in [0.29, 0.717) is 6.54 Å². The zero-order valence-corrected chi connectivity index (χ0v) is 10.0. The summed E-state index contributed by atoms with van der Waals surface area (Å²) in [6.45, 7) is 7.40. The lowest BCUT2D eigenvalue weighted by molar-refractivity contribution is 0.708. The number of hydrogen-bond acceptors (Lipinski definition) is 3. The highest BCUT2D eigenvalue weighted by Crippen LogP contribution is 2.10. The van der Waals surface area contributed by atoms with Gasteiger partial charge in [-0.25, -0.2) is 4.98 Å². The lowest BCUT2D eigenvalue weighted by Gasteiger charge is -2.19. The second kappa shape index (κ2) is 6.86. The van der Waals surface area contributed by atoms with Gasteiger partial charge in [-0.1, -0.05) is 18.9 Å². The Kier molecular flexibility index (Phi) is 5.38. The lowest BCUT2D eigenvalue weighted by Crippen LogP contribution is -2.24. The van der Waals surface area contributed by atoms with E-state index in [9.17, 15) is 0 Å². The highest BCUT2D eigenvalue weighted by atomic mass is 15.2. The van der Waals surface area contributed by atoms with E-state index in [-0.39, 0.29) is 0 Å². The van der Waals surface area contributed by atoms with Gasteiger partial charge in [-0.05, 0) is 25.6 Å². The summed E-state index contributed by atoms with van der Waals surface area (Å²) in [5.74, 6) is 3.60. The van der Waals surface area contributed by atoms with Gasteiger partial charge in [0, 0.05) is 13.1 Å². The standard InChI is InChI=1S/C13H19N3/c1-4-10-16(6-3)13-9-7-8-12(15-13)11-14-5-2/h1,7-9,14H,5-6,10-11H2,2-3H3. The van der Waals surface area contributed by atoms with Crippen molar-refractivity contribution < 1.29 is 0 Å². The van der Waals surface area contributed by atoms with Gasteiger partial charge >= 0.3 is 0 Å². The summed E-state index contributed by atoms with van der Waals surface area (Å²) in [4.78, 5) is 6.65. The highest BCUT2D eigenvalue weighted by Gasteiger charge is 2.04. The maximum Gasteiger partial charge on any atom is 0.129 e. The first-order chi connectivity index (χ1) is 7.81. The van der Waals surface area contributed by atoms with Crippen LogP contribution in [0.3, 0.4) is 0 Å². The topological polar surface area (TPSA) is 28.2 Å². The highest BCUT2D eigenvalue weighted by molar-refractivity contribution is 5.40. The van der Waals surface area contributed by atoms with Gasteiger partial charge in [-0.15, -0.1) is 6.42 Å². The number of nitrogens with zero attached hydrogens (tertiary/aromatic N) is 2. The zero-order chi connectivity index (χ0) is 11.8. The largest absolute Gasteiger partial charge is 0.346 e. The molecule has 1 rings (SSSR count). The minimum absolute atomic E-state index is 0.605. The molecule has 0 bridgehead atoms. The molecule has 0 aliphatic heterocycles. The summed E-state index contributed by atoms with van der Waals surface area (Å²) < 4.78 is 0. The van der Waals surface area contributed by atoms with Gasteiger partial charge < -0.3 is 10.2 Å². The average molecular weight is 217 g/mol. The van der Waals surface area contributed by atoms with Crippen molar-refractivity contribution in [3.05, 3.63) is 23.9 Å². The summed E-state index contributed by atoms with van der Waals surface area (Å²) in [7, 11) is 0. The van der Waals surface area contributed by atoms with Crippen LogP contribution >= 0.6 is 0 Å². The van der Waals surface area contributed by atoms with Crippen LogP contribution in [0.5, 0.6) is 0 Å². The molecular formula is C13H19N3. The van der Waals surface area contributed by atoms with Gasteiger partial charge in [0.15, 0.2) is 0 Å². The fourth-order valence-electron chi connectivity index (χ4n) is 1.46. The van der Waals surface area contributed by atoms with Gasteiger partial charge in [0.05, 0.1) is 12.2 Å². The van der Waals surface area contributed by atoms with Crippen molar-refractivity contribution in [2.24, 2.45) is 0 Å². The molecule has 1 N–H and O–H groups in total. The molecule has 1 heterocycles. The molecule has 0 saturated heterocycles. The molecule has 0 unspecified atom stereocenters. The predicted octanol–water partition coefficient (Wildman–Crippen LogP) is 1.65. The summed E-state index contributed by atoms with van der Waals surface area (Å²) in [5, 5.41) is 3.26. The van der Waals surface area contributed by atoms with Crippen LogP contribution in [-0.2, 0) is 6.54 Å². The van der Waals surface area contributed by atoms with Crippen LogP contribution in [0.15, 0.2) is 18.2 Å². The minimum Gasteiger partial charge on any atom is -0.346 e. The van der Waals surface area contributed by atoms with Crippen molar-refractivity contribution in [2.45, 2.75) is 20.4 Å². The first kappa shape index (κ1) is 12.5. The van der Waals surface area contributed by atoms with E-state index in [0.717, 1.165) is 31.1 Å². The summed E-state index contributed by atoms with van der Waals surface area (Å²) in [6, 6.07) is 6.04. The van der Waals surface area contributed by atoms with Gasteiger partial charge in [-0.3, -0.25) is 0 Å². The second-order valence-corrected chi connectivity index (χ2v) is 3.49. The van der Waals surface area contributed by atoms with Crippen molar-refractivity contribution >= 4 is 5.82 Å². The first-order valence-electron chi connectivity index (χ1n) is 5.66. The molecule has 0 saturated carbocycles. The van der Waals surface area contributed by atoms with Crippen LogP contribution < -0.4 is 10.2 Å². The minimum atomic E-state index is 0.605. The van der Waals surface area contributed by atoms with Crippen LogP contribution in [0.2, 0.25) is 0 Å². The third-order valence-corrected chi connectivity index (χ3v) is 2.34. The molecule has 86 valence electrons. The summed E-state index contributed by atoms with van der Waals surface area (Å²) in [5.41, 5.74) is 1.05. The van der Waals surface area contributed by atoms with Gasteiger partial charge in [-0.2, -0.15) is 0 Å². The molecule has 1 aromatic rings. The Morgan fingerprint density at radius 2 is 2.25 bits per heavy atom. The lowest BCUT2D eigenvalue weighted by atomic mass is 10.3. The fourth-order valence-corrected chi connectivity index (χ4v) is 1.46. The first-order valence-corrected chi connectivity index (χ1v) is 5.66. The molecule has 0 radical (unpaired) electrons. The smallest absolute Gasteiger partial charge is 0.129 e. The summed E-state index contributed by atoms with van der Waals surface area (Å²) in [6.07, 6.45) is 5.33. The van der Waals surface area contributed by atoms with Crippen LogP contribution in [0.1, 0.15) is 19.5 Å². The average Bonchev–Trinajstić information content (AvgIpc) is 2.33. The van der Waals surface area contributed by atoms with Crippen LogP contribution in [-0.4, -0.2) is 24.6 Å². The van der Waals surface area contributed by atoms with Crippen molar-refractivity contribution in [3.63, 3.8) is 0 Å². The molecule has 3 heteroatoms. The molecule has 0 aromatic carbocycles. The Hall–Kier alpha value is -1.53. The van der Waals surface area contributed by atoms with E-state index in [1.165, 1.54) is 0 Å². The number of pyridine rings is 1. The number of rotatable bonds is 6. The Labute approximate surface area is 97.9 Å². The van der Waals surface area contributed by atoms with E-state index in [1.54, 1.807) is 0 Å². The second-order valence-electron chi connectivity index (χ2n) is 3.49. The molecule has 0 fully saturated rings. The Morgan fingerprint density at radius 3 is 2.88 bits per heavy atom. The van der Waals surface area contributed by atoms with E-state index >= 15 is 0 Å². The Morgan fingerprint density at radius 1 is 1.44 bits per heavy atom. The molecule has 1 aromatic heterocycles. The Bertz CT molecular complexity index is 354. The molecule has 0 aliphatic carbocycles. The third kappa shape index (κ3) is 3.56.